The van der Waals surface area contributed by atoms with E-state index in [1.54, 1.807) is 4.90 Å². The van der Waals surface area contributed by atoms with Gasteiger partial charge in [0.05, 0.1) is 0 Å². The van der Waals surface area contributed by atoms with Crippen molar-refractivity contribution < 1.29 is 14.7 Å². The summed E-state index contributed by atoms with van der Waals surface area (Å²) < 4.78 is 0. The Morgan fingerprint density at radius 3 is 2.53 bits per heavy atom. The average molecular weight is 241 g/mol. The fourth-order valence-electron chi connectivity index (χ4n) is 2.54. The van der Waals surface area contributed by atoms with Crippen LogP contribution in [0.15, 0.2) is 0 Å². The van der Waals surface area contributed by atoms with Crippen LogP contribution in [-0.2, 0) is 9.59 Å². The number of nitrogens with zero attached hydrogens (tertiary/aromatic N) is 1. The maximum Gasteiger partial charge on any atom is 0.329 e. The van der Waals surface area contributed by atoms with E-state index in [0.29, 0.717) is 31.7 Å². The first kappa shape index (κ1) is 14.0. The molecule has 17 heavy (non-hydrogen) atoms. The average Bonchev–Trinajstić information content (AvgIpc) is 2.73. The van der Waals surface area contributed by atoms with Gasteiger partial charge in [-0.3, -0.25) is 4.79 Å². The van der Waals surface area contributed by atoms with Gasteiger partial charge in [-0.15, -0.1) is 0 Å². The number of aliphatic carboxylic acids is 1. The molecule has 1 aliphatic heterocycles. The van der Waals surface area contributed by atoms with Crippen LogP contribution in [-0.4, -0.2) is 34.0 Å². The number of rotatable bonds is 5. The standard InChI is InChI=1S/C13H23NO3/c1-4-10(3)9-11(15)14-8-6-7-13(14,5-2)12(16)17/h10H,4-9H2,1-3H3,(H,16,17). The number of likely N-dealkylation sites (tertiary alicyclic amines) is 1. The first-order chi connectivity index (χ1) is 7.97. The van der Waals surface area contributed by atoms with Gasteiger partial charge in [0.1, 0.15) is 5.54 Å². The Hall–Kier alpha value is -1.06. The molecule has 4 heteroatoms. The lowest BCUT2D eigenvalue weighted by molar-refractivity contribution is -0.157. The van der Waals surface area contributed by atoms with Gasteiger partial charge in [-0.25, -0.2) is 4.79 Å². The number of carbonyl (C=O) groups excluding carboxylic acids is 1. The van der Waals surface area contributed by atoms with Gasteiger partial charge in [0.2, 0.25) is 5.91 Å². The van der Waals surface area contributed by atoms with E-state index < -0.39 is 11.5 Å². The predicted octanol–water partition coefficient (Wildman–Crippen LogP) is 2.28. The summed E-state index contributed by atoms with van der Waals surface area (Å²) in [5.41, 5.74) is -0.940. The number of amides is 1. The number of carboxylic acids is 1. The zero-order valence-corrected chi connectivity index (χ0v) is 11.0. The highest BCUT2D eigenvalue weighted by Crippen LogP contribution is 2.33. The van der Waals surface area contributed by atoms with E-state index in [4.69, 9.17) is 0 Å². The van der Waals surface area contributed by atoms with Crippen LogP contribution in [0.25, 0.3) is 0 Å². The summed E-state index contributed by atoms with van der Waals surface area (Å²) in [6.45, 7) is 6.52. The quantitative estimate of drug-likeness (QED) is 0.803. The van der Waals surface area contributed by atoms with Crippen LogP contribution >= 0.6 is 0 Å². The largest absolute Gasteiger partial charge is 0.479 e. The summed E-state index contributed by atoms with van der Waals surface area (Å²) in [7, 11) is 0. The Kier molecular flexibility index (Phi) is 4.54. The summed E-state index contributed by atoms with van der Waals surface area (Å²) >= 11 is 0. The minimum atomic E-state index is -0.940. The number of carboxylic acid groups (broad SMARTS) is 1. The molecule has 2 atom stereocenters. The van der Waals surface area contributed by atoms with Crippen LogP contribution < -0.4 is 0 Å². The minimum Gasteiger partial charge on any atom is -0.479 e. The van der Waals surface area contributed by atoms with Gasteiger partial charge >= 0.3 is 5.97 Å². The third-order valence-electron chi connectivity index (χ3n) is 3.99. The molecule has 0 bridgehead atoms. The molecule has 1 aliphatic rings. The van der Waals surface area contributed by atoms with Crippen LogP contribution in [0, 0.1) is 5.92 Å². The highest BCUT2D eigenvalue weighted by Gasteiger charge is 2.48. The van der Waals surface area contributed by atoms with E-state index in [1.807, 2.05) is 20.8 Å². The normalized spacial score (nSPS) is 25.9. The molecule has 1 N–H and O–H groups in total. The van der Waals surface area contributed by atoms with E-state index in [0.717, 1.165) is 12.8 Å². The third kappa shape index (κ3) is 2.61. The van der Waals surface area contributed by atoms with Crippen LogP contribution in [0.1, 0.15) is 52.9 Å². The SMILES string of the molecule is CCC(C)CC(=O)N1CCCC1(CC)C(=O)O. The summed E-state index contributed by atoms with van der Waals surface area (Å²) in [4.78, 5) is 25.2. The Morgan fingerprint density at radius 2 is 2.06 bits per heavy atom. The Balaban J connectivity index is 2.81. The molecule has 98 valence electrons. The highest BCUT2D eigenvalue weighted by atomic mass is 16.4. The number of hydrogen-bond donors (Lipinski definition) is 1. The van der Waals surface area contributed by atoms with Gasteiger partial charge in [-0.05, 0) is 25.2 Å². The molecule has 0 radical (unpaired) electrons. The van der Waals surface area contributed by atoms with Crippen molar-refractivity contribution in [3.05, 3.63) is 0 Å². The van der Waals surface area contributed by atoms with Gasteiger partial charge in [-0.1, -0.05) is 27.2 Å². The van der Waals surface area contributed by atoms with E-state index in [2.05, 4.69) is 0 Å². The van der Waals surface area contributed by atoms with Crippen molar-refractivity contribution in [3.8, 4) is 0 Å². The molecule has 1 rings (SSSR count). The number of hydrogen-bond acceptors (Lipinski definition) is 2. The van der Waals surface area contributed by atoms with Crippen LogP contribution in [0.4, 0.5) is 0 Å². The lowest BCUT2D eigenvalue weighted by atomic mass is 9.92. The van der Waals surface area contributed by atoms with Gasteiger partial charge in [0, 0.05) is 13.0 Å². The maximum absolute atomic E-state index is 12.2. The molecule has 0 aromatic rings. The fourth-order valence-corrected chi connectivity index (χ4v) is 2.54. The van der Waals surface area contributed by atoms with Crippen molar-refractivity contribution in [2.45, 2.75) is 58.4 Å². The summed E-state index contributed by atoms with van der Waals surface area (Å²) in [5.74, 6) is -0.525. The molecule has 2 unspecified atom stereocenters. The fraction of sp³-hybridized carbons (Fsp3) is 0.846. The van der Waals surface area contributed by atoms with E-state index >= 15 is 0 Å². The predicted molar refractivity (Wildman–Crippen MR) is 65.7 cm³/mol. The number of carbonyl (C=O) groups is 2. The van der Waals surface area contributed by atoms with Crippen molar-refractivity contribution in [1.29, 1.82) is 0 Å². The molecule has 4 nitrogen and oxygen atoms in total. The molecule has 0 aromatic carbocycles. The molecule has 1 fully saturated rings. The second-order valence-electron chi connectivity index (χ2n) is 5.06. The lowest BCUT2D eigenvalue weighted by Crippen LogP contribution is -2.52. The molecule has 0 aromatic heterocycles. The zero-order valence-electron chi connectivity index (χ0n) is 11.0. The van der Waals surface area contributed by atoms with Crippen LogP contribution in [0.2, 0.25) is 0 Å². The topological polar surface area (TPSA) is 57.6 Å². The molecule has 1 amide bonds. The molecule has 0 saturated carbocycles. The molecule has 1 saturated heterocycles. The van der Waals surface area contributed by atoms with Gasteiger partial charge < -0.3 is 10.0 Å². The minimum absolute atomic E-state index is 0.00102. The zero-order chi connectivity index (χ0) is 13.1. The van der Waals surface area contributed by atoms with Crippen molar-refractivity contribution in [2.75, 3.05) is 6.54 Å². The van der Waals surface area contributed by atoms with E-state index in [9.17, 15) is 14.7 Å². The van der Waals surface area contributed by atoms with Crippen LogP contribution in [0.5, 0.6) is 0 Å². The lowest BCUT2D eigenvalue weighted by Gasteiger charge is -2.34. The molecule has 0 spiro atoms. The van der Waals surface area contributed by atoms with E-state index in [1.165, 1.54) is 0 Å². The Morgan fingerprint density at radius 1 is 1.41 bits per heavy atom. The van der Waals surface area contributed by atoms with Crippen molar-refractivity contribution >= 4 is 11.9 Å². The summed E-state index contributed by atoms with van der Waals surface area (Å²) in [6, 6.07) is 0. The van der Waals surface area contributed by atoms with Crippen molar-refractivity contribution in [1.82, 2.24) is 4.90 Å². The summed E-state index contributed by atoms with van der Waals surface area (Å²) in [6.07, 6.45) is 3.29. The molecular formula is C13H23NO3. The second-order valence-corrected chi connectivity index (χ2v) is 5.06. The molecule has 0 aliphatic carbocycles. The van der Waals surface area contributed by atoms with Gasteiger partial charge in [0.25, 0.3) is 0 Å². The van der Waals surface area contributed by atoms with Gasteiger partial charge in [-0.2, -0.15) is 0 Å². The van der Waals surface area contributed by atoms with Crippen molar-refractivity contribution in [3.63, 3.8) is 0 Å². The maximum atomic E-state index is 12.2. The van der Waals surface area contributed by atoms with Gasteiger partial charge in [0.15, 0.2) is 0 Å². The second kappa shape index (κ2) is 5.52. The third-order valence-corrected chi connectivity index (χ3v) is 3.99. The molecular weight excluding hydrogens is 218 g/mol. The first-order valence-electron chi connectivity index (χ1n) is 6.51. The molecule has 1 heterocycles. The summed E-state index contributed by atoms with van der Waals surface area (Å²) in [5, 5.41) is 9.38. The first-order valence-corrected chi connectivity index (χ1v) is 6.51. The van der Waals surface area contributed by atoms with Crippen molar-refractivity contribution in [2.24, 2.45) is 5.92 Å². The van der Waals surface area contributed by atoms with Crippen LogP contribution in [0.3, 0.4) is 0 Å². The smallest absolute Gasteiger partial charge is 0.329 e. The Bertz CT molecular complexity index is 303. The highest BCUT2D eigenvalue weighted by molar-refractivity contribution is 5.87. The van der Waals surface area contributed by atoms with E-state index in [-0.39, 0.29) is 5.91 Å². The monoisotopic (exact) mass is 241 g/mol. The Labute approximate surface area is 103 Å².